The SMILES string of the molecule is CC(C)(C)OC(=O)N1CCC(Nc2ccc3ncsc3c2)C1. The molecule has 6 heteroatoms. The molecule has 1 aliphatic heterocycles. The molecule has 3 rings (SSSR count). The Bertz CT molecular complexity index is 677. The quantitative estimate of drug-likeness (QED) is 0.916. The van der Waals surface area contributed by atoms with Crippen molar-refractivity contribution in [3.63, 3.8) is 0 Å². The number of nitrogens with zero attached hydrogens (tertiary/aromatic N) is 2. The number of aromatic nitrogens is 1. The predicted octanol–water partition coefficient (Wildman–Crippen LogP) is 3.72. The number of carbonyl (C=O) groups is 1. The van der Waals surface area contributed by atoms with Crippen LogP contribution in [0.3, 0.4) is 0 Å². The summed E-state index contributed by atoms with van der Waals surface area (Å²) in [6.45, 7) is 7.08. The largest absolute Gasteiger partial charge is 0.444 e. The number of likely N-dealkylation sites (tertiary alicyclic amines) is 1. The van der Waals surface area contributed by atoms with Crippen molar-refractivity contribution in [2.24, 2.45) is 0 Å². The van der Waals surface area contributed by atoms with Crippen molar-refractivity contribution in [2.45, 2.75) is 38.8 Å². The van der Waals surface area contributed by atoms with E-state index in [2.05, 4.69) is 16.4 Å². The molecule has 0 bridgehead atoms. The minimum atomic E-state index is -0.445. The summed E-state index contributed by atoms with van der Waals surface area (Å²) in [6.07, 6.45) is 0.703. The van der Waals surface area contributed by atoms with E-state index in [4.69, 9.17) is 4.74 Å². The Morgan fingerprint density at radius 1 is 1.45 bits per heavy atom. The fourth-order valence-electron chi connectivity index (χ4n) is 2.55. The van der Waals surface area contributed by atoms with Crippen LogP contribution in [-0.4, -0.2) is 40.7 Å². The van der Waals surface area contributed by atoms with E-state index in [-0.39, 0.29) is 12.1 Å². The van der Waals surface area contributed by atoms with Gasteiger partial charge in [-0.25, -0.2) is 9.78 Å². The summed E-state index contributed by atoms with van der Waals surface area (Å²) >= 11 is 1.64. The van der Waals surface area contributed by atoms with Gasteiger partial charge in [-0.15, -0.1) is 11.3 Å². The summed E-state index contributed by atoms with van der Waals surface area (Å²) in [7, 11) is 0. The molecule has 0 radical (unpaired) electrons. The lowest BCUT2D eigenvalue weighted by Crippen LogP contribution is -2.36. The van der Waals surface area contributed by atoms with Gasteiger partial charge in [0.1, 0.15) is 5.60 Å². The van der Waals surface area contributed by atoms with Gasteiger partial charge < -0.3 is 15.0 Å². The van der Waals surface area contributed by atoms with Crippen LogP contribution in [0.2, 0.25) is 0 Å². The van der Waals surface area contributed by atoms with E-state index < -0.39 is 5.60 Å². The van der Waals surface area contributed by atoms with Crippen molar-refractivity contribution in [3.8, 4) is 0 Å². The van der Waals surface area contributed by atoms with Crippen LogP contribution in [0.15, 0.2) is 23.7 Å². The third-order valence-electron chi connectivity index (χ3n) is 3.54. The van der Waals surface area contributed by atoms with Crippen molar-refractivity contribution in [1.29, 1.82) is 0 Å². The molecule has 1 atom stereocenters. The molecule has 1 unspecified atom stereocenters. The number of rotatable bonds is 2. The molecule has 1 N–H and O–H groups in total. The lowest BCUT2D eigenvalue weighted by molar-refractivity contribution is 0.0293. The molecule has 1 aromatic carbocycles. The Balaban J connectivity index is 1.59. The van der Waals surface area contributed by atoms with Crippen LogP contribution in [0.5, 0.6) is 0 Å². The second kappa shape index (κ2) is 5.76. The van der Waals surface area contributed by atoms with Crippen molar-refractivity contribution in [1.82, 2.24) is 9.88 Å². The van der Waals surface area contributed by atoms with Gasteiger partial charge in [-0.3, -0.25) is 0 Å². The van der Waals surface area contributed by atoms with E-state index in [1.54, 1.807) is 16.2 Å². The Hall–Kier alpha value is -1.82. The highest BCUT2D eigenvalue weighted by molar-refractivity contribution is 7.16. The second-order valence-corrected chi connectivity index (χ2v) is 7.48. The summed E-state index contributed by atoms with van der Waals surface area (Å²) in [5.41, 5.74) is 3.51. The first-order chi connectivity index (χ1) is 10.4. The van der Waals surface area contributed by atoms with Crippen molar-refractivity contribution < 1.29 is 9.53 Å². The van der Waals surface area contributed by atoms with Crippen LogP contribution in [0, 0.1) is 0 Å². The summed E-state index contributed by atoms with van der Waals surface area (Å²) in [6, 6.07) is 6.44. The van der Waals surface area contributed by atoms with Crippen LogP contribution < -0.4 is 5.32 Å². The van der Waals surface area contributed by atoms with Crippen LogP contribution in [0.1, 0.15) is 27.2 Å². The molecule has 118 valence electrons. The Kier molecular flexibility index (Phi) is 3.95. The molecule has 2 heterocycles. The number of hydrogen-bond acceptors (Lipinski definition) is 5. The van der Waals surface area contributed by atoms with Gasteiger partial charge in [0.25, 0.3) is 0 Å². The van der Waals surface area contributed by atoms with Crippen molar-refractivity contribution in [3.05, 3.63) is 23.7 Å². The third kappa shape index (κ3) is 3.50. The number of hydrogen-bond donors (Lipinski definition) is 1. The maximum Gasteiger partial charge on any atom is 0.410 e. The molecule has 0 spiro atoms. The zero-order valence-corrected chi connectivity index (χ0v) is 13.9. The molecule has 1 saturated heterocycles. The summed E-state index contributed by atoms with van der Waals surface area (Å²) in [5, 5.41) is 3.50. The highest BCUT2D eigenvalue weighted by Gasteiger charge is 2.29. The van der Waals surface area contributed by atoms with Gasteiger partial charge in [-0.2, -0.15) is 0 Å². The average Bonchev–Trinajstić information content (AvgIpc) is 3.04. The zero-order valence-electron chi connectivity index (χ0n) is 13.1. The molecule has 5 nitrogen and oxygen atoms in total. The Morgan fingerprint density at radius 3 is 3.05 bits per heavy atom. The molecule has 1 fully saturated rings. The summed E-state index contributed by atoms with van der Waals surface area (Å²) in [4.78, 5) is 18.1. The van der Waals surface area contributed by atoms with Gasteiger partial charge in [0.2, 0.25) is 0 Å². The molecule has 1 amide bonds. The first-order valence-electron chi connectivity index (χ1n) is 7.48. The van der Waals surface area contributed by atoms with E-state index in [9.17, 15) is 4.79 Å². The highest BCUT2D eigenvalue weighted by atomic mass is 32.1. The molecule has 1 aromatic heterocycles. The first kappa shape index (κ1) is 15.1. The Labute approximate surface area is 134 Å². The van der Waals surface area contributed by atoms with Crippen molar-refractivity contribution in [2.75, 3.05) is 18.4 Å². The van der Waals surface area contributed by atoms with E-state index >= 15 is 0 Å². The number of amides is 1. The topological polar surface area (TPSA) is 54.5 Å². The van der Waals surface area contributed by atoms with Crippen LogP contribution >= 0.6 is 11.3 Å². The fraction of sp³-hybridized carbons (Fsp3) is 0.500. The normalized spacial score (nSPS) is 18.7. The molecular formula is C16H21N3O2S. The lowest BCUT2D eigenvalue weighted by Gasteiger charge is -2.24. The van der Waals surface area contributed by atoms with Crippen LogP contribution in [0.4, 0.5) is 10.5 Å². The van der Waals surface area contributed by atoms with Gasteiger partial charge in [0, 0.05) is 24.8 Å². The fourth-order valence-corrected chi connectivity index (χ4v) is 3.27. The van der Waals surface area contributed by atoms with E-state index in [0.717, 1.165) is 24.2 Å². The van der Waals surface area contributed by atoms with Gasteiger partial charge >= 0.3 is 6.09 Å². The summed E-state index contributed by atoms with van der Waals surface area (Å²) in [5.74, 6) is 0. The molecule has 2 aromatic rings. The standard InChI is InChI=1S/C16H21N3O2S/c1-16(2,3)21-15(20)19-7-6-12(9-19)18-11-4-5-13-14(8-11)22-10-17-13/h4-5,8,10,12,18H,6-7,9H2,1-3H3. The minimum absolute atomic E-state index is 0.227. The minimum Gasteiger partial charge on any atom is -0.444 e. The number of carbonyl (C=O) groups excluding carboxylic acids is 1. The van der Waals surface area contributed by atoms with Gasteiger partial charge in [0.05, 0.1) is 15.7 Å². The molecule has 0 saturated carbocycles. The maximum absolute atomic E-state index is 12.1. The van der Waals surface area contributed by atoms with E-state index in [1.807, 2.05) is 38.4 Å². The van der Waals surface area contributed by atoms with Crippen LogP contribution in [-0.2, 0) is 4.74 Å². The van der Waals surface area contributed by atoms with Crippen LogP contribution in [0.25, 0.3) is 10.2 Å². The number of ether oxygens (including phenoxy) is 1. The maximum atomic E-state index is 12.1. The van der Waals surface area contributed by atoms with E-state index in [1.165, 1.54) is 4.70 Å². The molecule has 22 heavy (non-hydrogen) atoms. The number of thiazole rings is 1. The highest BCUT2D eigenvalue weighted by Crippen LogP contribution is 2.24. The first-order valence-corrected chi connectivity index (χ1v) is 8.36. The number of anilines is 1. The number of nitrogens with one attached hydrogen (secondary N) is 1. The zero-order chi connectivity index (χ0) is 15.7. The summed E-state index contributed by atoms with van der Waals surface area (Å²) < 4.78 is 6.59. The average molecular weight is 319 g/mol. The lowest BCUT2D eigenvalue weighted by atomic mass is 10.2. The number of benzene rings is 1. The molecule has 0 aliphatic carbocycles. The van der Waals surface area contributed by atoms with Crippen molar-refractivity contribution >= 4 is 33.3 Å². The van der Waals surface area contributed by atoms with Gasteiger partial charge in [-0.1, -0.05) is 0 Å². The monoisotopic (exact) mass is 319 g/mol. The Morgan fingerprint density at radius 2 is 2.27 bits per heavy atom. The van der Waals surface area contributed by atoms with Gasteiger partial charge in [-0.05, 0) is 45.4 Å². The number of fused-ring (bicyclic) bond motifs is 1. The van der Waals surface area contributed by atoms with E-state index in [0.29, 0.717) is 6.54 Å². The molecule has 1 aliphatic rings. The third-order valence-corrected chi connectivity index (χ3v) is 4.33. The second-order valence-electron chi connectivity index (χ2n) is 6.59. The molecular weight excluding hydrogens is 298 g/mol. The predicted molar refractivity (Wildman–Crippen MR) is 89.5 cm³/mol. The van der Waals surface area contributed by atoms with Gasteiger partial charge in [0.15, 0.2) is 0 Å². The smallest absolute Gasteiger partial charge is 0.410 e.